The van der Waals surface area contributed by atoms with Gasteiger partial charge in [-0.2, -0.15) is 0 Å². The topological polar surface area (TPSA) is 21.3 Å². The summed E-state index contributed by atoms with van der Waals surface area (Å²) in [6.07, 6.45) is 5.72. The van der Waals surface area contributed by atoms with E-state index in [1.54, 1.807) is 0 Å². The van der Waals surface area contributed by atoms with Crippen molar-refractivity contribution >= 4 is 0 Å². The quantitative estimate of drug-likeness (QED) is 0.677. The van der Waals surface area contributed by atoms with Gasteiger partial charge in [0, 0.05) is 18.6 Å². The molecule has 2 aliphatic rings. The van der Waals surface area contributed by atoms with Crippen LogP contribution in [0.1, 0.15) is 32.6 Å². The van der Waals surface area contributed by atoms with Gasteiger partial charge in [0.15, 0.2) is 0 Å². The molecule has 3 unspecified atom stereocenters. The molecule has 2 rings (SSSR count). The van der Waals surface area contributed by atoms with Crippen LogP contribution < -0.4 is 5.32 Å². The summed E-state index contributed by atoms with van der Waals surface area (Å²) in [7, 11) is 0. The summed E-state index contributed by atoms with van der Waals surface area (Å²) in [5, 5.41) is 3.55. The lowest BCUT2D eigenvalue weighted by molar-refractivity contribution is 0.0575. The Labute approximate surface area is 74.7 Å². The first kappa shape index (κ1) is 8.52. The van der Waals surface area contributed by atoms with Crippen LogP contribution in [0.5, 0.6) is 0 Å². The SMILES string of the molecule is CCC1NCCC1C1CCCO1. The Morgan fingerprint density at radius 3 is 3.00 bits per heavy atom. The van der Waals surface area contributed by atoms with Crippen molar-refractivity contribution in [2.24, 2.45) is 5.92 Å². The van der Waals surface area contributed by atoms with Crippen LogP contribution in [0.15, 0.2) is 0 Å². The summed E-state index contributed by atoms with van der Waals surface area (Å²) < 4.78 is 5.73. The maximum atomic E-state index is 5.73. The van der Waals surface area contributed by atoms with Crippen molar-refractivity contribution < 1.29 is 4.74 Å². The first-order chi connectivity index (χ1) is 5.92. The molecule has 0 amide bonds. The van der Waals surface area contributed by atoms with Crippen LogP contribution in [0.3, 0.4) is 0 Å². The van der Waals surface area contributed by atoms with Gasteiger partial charge in [0.25, 0.3) is 0 Å². The van der Waals surface area contributed by atoms with E-state index in [0.717, 1.165) is 18.6 Å². The predicted molar refractivity (Wildman–Crippen MR) is 49.2 cm³/mol. The zero-order chi connectivity index (χ0) is 8.39. The molecule has 2 aliphatic heterocycles. The fourth-order valence-electron chi connectivity index (χ4n) is 2.62. The molecular weight excluding hydrogens is 150 g/mol. The maximum absolute atomic E-state index is 5.73. The zero-order valence-corrected chi connectivity index (χ0v) is 7.88. The average Bonchev–Trinajstić information content (AvgIpc) is 2.74. The number of rotatable bonds is 2. The number of ether oxygens (including phenoxy) is 1. The van der Waals surface area contributed by atoms with E-state index in [4.69, 9.17) is 4.74 Å². The number of hydrogen-bond donors (Lipinski definition) is 1. The van der Waals surface area contributed by atoms with Crippen molar-refractivity contribution in [1.29, 1.82) is 0 Å². The Morgan fingerprint density at radius 1 is 1.42 bits per heavy atom. The summed E-state index contributed by atoms with van der Waals surface area (Å²) in [4.78, 5) is 0. The third kappa shape index (κ3) is 1.50. The summed E-state index contributed by atoms with van der Waals surface area (Å²) in [6.45, 7) is 4.46. The van der Waals surface area contributed by atoms with E-state index in [2.05, 4.69) is 12.2 Å². The van der Waals surface area contributed by atoms with Crippen LogP contribution in [0.4, 0.5) is 0 Å². The lowest BCUT2D eigenvalue weighted by atomic mass is 9.91. The van der Waals surface area contributed by atoms with E-state index in [0.29, 0.717) is 6.10 Å². The van der Waals surface area contributed by atoms with Crippen molar-refractivity contribution in [3.05, 3.63) is 0 Å². The van der Waals surface area contributed by atoms with Crippen molar-refractivity contribution in [3.8, 4) is 0 Å². The van der Waals surface area contributed by atoms with Crippen molar-refractivity contribution in [3.63, 3.8) is 0 Å². The highest BCUT2D eigenvalue weighted by atomic mass is 16.5. The molecule has 0 aliphatic carbocycles. The number of hydrogen-bond acceptors (Lipinski definition) is 2. The fraction of sp³-hybridized carbons (Fsp3) is 1.00. The molecule has 2 fully saturated rings. The van der Waals surface area contributed by atoms with Gasteiger partial charge in [-0.25, -0.2) is 0 Å². The van der Waals surface area contributed by atoms with Crippen LogP contribution in [0.25, 0.3) is 0 Å². The van der Waals surface area contributed by atoms with E-state index in [-0.39, 0.29) is 0 Å². The molecule has 0 aromatic carbocycles. The Kier molecular flexibility index (Phi) is 2.66. The molecule has 70 valence electrons. The molecule has 0 saturated carbocycles. The van der Waals surface area contributed by atoms with Crippen LogP contribution in [-0.2, 0) is 4.74 Å². The highest BCUT2D eigenvalue weighted by molar-refractivity contribution is 4.89. The minimum absolute atomic E-state index is 0.574. The maximum Gasteiger partial charge on any atom is 0.0619 e. The highest BCUT2D eigenvalue weighted by Crippen LogP contribution is 2.29. The van der Waals surface area contributed by atoms with Crippen molar-refractivity contribution in [1.82, 2.24) is 5.32 Å². The Balaban J connectivity index is 1.92. The minimum Gasteiger partial charge on any atom is -0.378 e. The smallest absolute Gasteiger partial charge is 0.0619 e. The van der Waals surface area contributed by atoms with E-state index in [1.165, 1.54) is 32.2 Å². The van der Waals surface area contributed by atoms with Gasteiger partial charge in [-0.1, -0.05) is 6.92 Å². The number of nitrogens with one attached hydrogen (secondary N) is 1. The van der Waals surface area contributed by atoms with E-state index < -0.39 is 0 Å². The second kappa shape index (κ2) is 3.75. The lowest BCUT2D eigenvalue weighted by Gasteiger charge is -2.23. The fourth-order valence-corrected chi connectivity index (χ4v) is 2.62. The van der Waals surface area contributed by atoms with E-state index in [9.17, 15) is 0 Å². The van der Waals surface area contributed by atoms with E-state index in [1.807, 2.05) is 0 Å². The largest absolute Gasteiger partial charge is 0.378 e. The van der Waals surface area contributed by atoms with Crippen LogP contribution >= 0.6 is 0 Å². The third-order valence-corrected chi connectivity index (χ3v) is 3.28. The van der Waals surface area contributed by atoms with Gasteiger partial charge < -0.3 is 10.1 Å². The van der Waals surface area contributed by atoms with E-state index >= 15 is 0 Å². The Hall–Kier alpha value is -0.0800. The summed E-state index contributed by atoms with van der Waals surface area (Å²) in [6, 6.07) is 0.730. The normalized spacial score (nSPS) is 42.2. The second-order valence-electron chi connectivity index (χ2n) is 3.97. The highest BCUT2D eigenvalue weighted by Gasteiger charge is 2.34. The molecule has 12 heavy (non-hydrogen) atoms. The van der Waals surface area contributed by atoms with Crippen molar-refractivity contribution in [2.75, 3.05) is 13.2 Å². The molecule has 2 heteroatoms. The molecular formula is C10H19NO. The van der Waals surface area contributed by atoms with Crippen LogP contribution in [-0.4, -0.2) is 25.3 Å². The molecule has 0 bridgehead atoms. The molecule has 0 radical (unpaired) electrons. The molecule has 0 aromatic heterocycles. The lowest BCUT2D eigenvalue weighted by Crippen LogP contribution is -2.32. The van der Waals surface area contributed by atoms with Gasteiger partial charge >= 0.3 is 0 Å². The molecule has 3 atom stereocenters. The van der Waals surface area contributed by atoms with Gasteiger partial charge in [0.2, 0.25) is 0 Å². The summed E-state index contributed by atoms with van der Waals surface area (Å²) in [5.74, 6) is 0.803. The van der Waals surface area contributed by atoms with Gasteiger partial charge in [0.05, 0.1) is 6.10 Å². The first-order valence-corrected chi connectivity index (χ1v) is 5.27. The molecule has 2 heterocycles. The second-order valence-corrected chi connectivity index (χ2v) is 3.97. The summed E-state index contributed by atoms with van der Waals surface area (Å²) >= 11 is 0. The van der Waals surface area contributed by atoms with Crippen molar-refractivity contribution in [2.45, 2.75) is 44.8 Å². The predicted octanol–water partition coefficient (Wildman–Crippen LogP) is 1.55. The standard InChI is InChI=1S/C10H19NO/c1-2-9-8(5-6-11-9)10-4-3-7-12-10/h8-11H,2-7H2,1H3. The monoisotopic (exact) mass is 169 g/mol. The molecule has 2 nitrogen and oxygen atoms in total. The molecule has 2 saturated heterocycles. The molecule has 0 spiro atoms. The zero-order valence-electron chi connectivity index (χ0n) is 7.88. The molecule has 0 aromatic rings. The Bertz CT molecular complexity index is 143. The average molecular weight is 169 g/mol. The van der Waals surface area contributed by atoms with Crippen LogP contribution in [0.2, 0.25) is 0 Å². The first-order valence-electron chi connectivity index (χ1n) is 5.27. The third-order valence-electron chi connectivity index (χ3n) is 3.28. The van der Waals surface area contributed by atoms with Gasteiger partial charge in [0.1, 0.15) is 0 Å². The van der Waals surface area contributed by atoms with Gasteiger partial charge in [-0.15, -0.1) is 0 Å². The minimum atomic E-state index is 0.574. The Morgan fingerprint density at radius 2 is 2.33 bits per heavy atom. The van der Waals surface area contributed by atoms with Gasteiger partial charge in [-0.05, 0) is 32.2 Å². The van der Waals surface area contributed by atoms with Crippen LogP contribution in [0, 0.1) is 5.92 Å². The molecule has 1 N–H and O–H groups in total. The summed E-state index contributed by atoms with van der Waals surface area (Å²) in [5.41, 5.74) is 0. The van der Waals surface area contributed by atoms with Gasteiger partial charge in [-0.3, -0.25) is 0 Å².